The highest BCUT2D eigenvalue weighted by atomic mass is 16.6. The standard InChI is InChI=1S/C29H36N2O4/c1-4-5-6-7-9-12-21-15-17-23(18-16-21)24-20-25(35-30-24)27(32)31-26(29(2,3)34-28(31)33)19-22-13-10-8-11-14-22/h8,10-11,13-18,25-26H,4-7,9,12,19-20H2,1-3H3/t25-,26-/m0/s1. The number of ether oxygens (including phenoxy) is 1. The first-order chi connectivity index (χ1) is 16.9. The molecule has 4 rings (SSSR count). The van der Waals surface area contributed by atoms with Crippen LogP contribution in [0.5, 0.6) is 0 Å². The number of carbonyl (C=O) groups excluding carboxylic acids is 2. The van der Waals surface area contributed by atoms with E-state index in [1.165, 1.54) is 42.6 Å². The first kappa shape index (κ1) is 25.0. The molecule has 0 aliphatic carbocycles. The number of nitrogens with zero attached hydrogens (tertiary/aromatic N) is 2. The van der Waals surface area contributed by atoms with E-state index >= 15 is 0 Å². The SMILES string of the molecule is CCCCCCCc1ccc(C2=NO[C@H](C(=O)N3C(=O)OC(C)(C)[C@@H]3Cc3ccccc3)C2)cc1. The van der Waals surface area contributed by atoms with Crippen LogP contribution in [-0.4, -0.2) is 40.4 Å². The quantitative estimate of drug-likeness (QED) is 0.391. The molecule has 2 amide bonds. The molecule has 0 spiro atoms. The Bertz CT molecular complexity index is 1050. The predicted molar refractivity (Wildman–Crippen MR) is 136 cm³/mol. The number of oxime groups is 1. The third kappa shape index (κ3) is 5.92. The van der Waals surface area contributed by atoms with Crippen molar-refractivity contribution in [1.82, 2.24) is 4.90 Å². The summed E-state index contributed by atoms with van der Waals surface area (Å²) in [6, 6.07) is 17.7. The molecule has 2 aromatic carbocycles. The van der Waals surface area contributed by atoms with E-state index in [9.17, 15) is 9.59 Å². The van der Waals surface area contributed by atoms with Gasteiger partial charge >= 0.3 is 6.09 Å². The molecular formula is C29H36N2O4. The third-order valence-corrected chi connectivity index (χ3v) is 6.97. The van der Waals surface area contributed by atoms with Crippen LogP contribution < -0.4 is 0 Å². The van der Waals surface area contributed by atoms with Gasteiger partial charge in [-0.1, -0.05) is 92.4 Å². The van der Waals surface area contributed by atoms with Gasteiger partial charge in [-0.2, -0.15) is 0 Å². The van der Waals surface area contributed by atoms with Crippen molar-refractivity contribution in [1.29, 1.82) is 0 Å². The van der Waals surface area contributed by atoms with Gasteiger partial charge < -0.3 is 9.57 Å². The Kier molecular flexibility index (Phi) is 7.89. The molecule has 6 heteroatoms. The molecule has 0 unspecified atom stereocenters. The van der Waals surface area contributed by atoms with Crippen LogP contribution in [0.25, 0.3) is 0 Å². The summed E-state index contributed by atoms with van der Waals surface area (Å²) < 4.78 is 5.58. The maximum absolute atomic E-state index is 13.4. The van der Waals surface area contributed by atoms with E-state index in [0.717, 1.165) is 23.3 Å². The number of hydrogen-bond acceptors (Lipinski definition) is 5. The van der Waals surface area contributed by atoms with E-state index < -0.39 is 29.7 Å². The zero-order valence-electron chi connectivity index (χ0n) is 21.0. The normalized spacial score (nSPS) is 20.9. The van der Waals surface area contributed by atoms with Crippen molar-refractivity contribution in [3.05, 3.63) is 71.3 Å². The molecule has 35 heavy (non-hydrogen) atoms. The van der Waals surface area contributed by atoms with Gasteiger partial charge in [0.15, 0.2) is 0 Å². The number of cyclic esters (lactones) is 1. The Labute approximate surface area is 208 Å². The first-order valence-electron chi connectivity index (χ1n) is 12.8. The van der Waals surface area contributed by atoms with Crippen LogP contribution in [0.15, 0.2) is 59.8 Å². The molecule has 2 aromatic rings. The van der Waals surface area contributed by atoms with Crippen molar-refractivity contribution in [2.75, 3.05) is 0 Å². The number of unbranched alkanes of at least 4 members (excludes halogenated alkanes) is 4. The van der Waals surface area contributed by atoms with E-state index in [-0.39, 0.29) is 0 Å². The third-order valence-electron chi connectivity index (χ3n) is 6.97. The fourth-order valence-corrected chi connectivity index (χ4v) is 4.83. The molecule has 0 bridgehead atoms. The van der Waals surface area contributed by atoms with Crippen LogP contribution in [0, 0.1) is 0 Å². The fraction of sp³-hybridized carbons (Fsp3) is 0.483. The molecule has 2 aliphatic heterocycles. The van der Waals surface area contributed by atoms with Gasteiger partial charge in [-0.05, 0) is 49.8 Å². The van der Waals surface area contributed by atoms with Crippen LogP contribution >= 0.6 is 0 Å². The average Bonchev–Trinajstić information content (AvgIpc) is 3.42. The smallest absolute Gasteiger partial charge is 0.417 e. The largest absolute Gasteiger partial charge is 0.441 e. The highest BCUT2D eigenvalue weighted by molar-refractivity contribution is 6.06. The Balaban J connectivity index is 1.37. The minimum atomic E-state index is -0.831. The first-order valence-corrected chi connectivity index (χ1v) is 12.8. The van der Waals surface area contributed by atoms with Gasteiger partial charge in [-0.25, -0.2) is 9.69 Å². The molecule has 186 valence electrons. The monoisotopic (exact) mass is 476 g/mol. The van der Waals surface area contributed by atoms with E-state index in [1.807, 2.05) is 56.3 Å². The molecule has 2 atom stereocenters. The molecule has 0 aromatic heterocycles. The molecule has 2 heterocycles. The number of imide groups is 1. The second-order valence-electron chi connectivity index (χ2n) is 10.1. The molecule has 0 N–H and O–H groups in total. The average molecular weight is 477 g/mol. The highest BCUT2D eigenvalue weighted by Gasteiger charge is 2.52. The van der Waals surface area contributed by atoms with Gasteiger partial charge in [0.2, 0.25) is 6.10 Å². The van der Waals surface area contributed by atoms with Crippen molar-refractivity contribution in [3.8, 4) is 0 Å². The Morgan fingerprint density at radius 3 is 2.43 bits per heavy atom. The van der Waals surface area contributed by atoms with E-state index in [1.54, 1.807) is 0 Å². The van der Waals surface area contributed by atoms with Crippen LogP contribution in [0.2, 0.25) is 0 Å². The molecule has 1 saturated heterocycles. The number of rotatable bonds is 10. The van der Waals surface area contributed by atoms with Gasteiger partial charge in [0.1, 0.15) is 5.60 Å². The van der Waals surface area contributed by atoms with Gasteiger partial charge in [0, 0.05) is 6.42 Å². The van der Waals surface area contributed by atoms with Crippen molar-refractivity contribution >= 4 is 17.7 Å². The summed E-state index contributed by atoms with van der Waals surface area (Å²) in [5.74, 6) is -0.399. The lowest BCUT2D eigenvalue weighted by molar-refractivity contribution is -0.140. The molecule has 2 aliphatic rings. The summed E-state index contributed by atoms with van der Waals surface area (Å²) in [6.07, 6.45) is 6.79. The summed E-state index contributed by atoms with van der Waals surface area (Å²) in [7, 11) is 0. The second kappa shape index (κ2) is 11.1. The van der Waals surface area contributed by atoms with Gasteiger partial charge in [0.05, 0.1) is 11.8 Å². The maximum Gasteiger partial charge on any atom is 0.417 e. The fourth-order valence-electron chi connectivity index (χ4n) is 4.83. The summed E-state index contributed by atoms with van der Waals surface area (Å²) in [4.78, 5) is 32.9. The Morgan fingerprint density at radius 1 is 1.00 bits per heavy atom. The molecular weight excluding hydrogens is 440 g/mol. The topological polar surface area (TPSA) is 68.2 Å². The molecule has 1 fully saturated rings. The van der Waals surface area contributed by atoms with Gasteiger partial charge in [-0.15, -0.1) is 0 Å². The number of benzene rings is 2. The number of hydrogen-bond donors (Lipinski definition) is 0. The van der Waals surface area contributed by atoms with Gasteiger partial charge in [0.25, 0.3) is 5.91 Å². The van der Waals surface area contributed by atoms with Crippen LogP contribution in [0.4, 0.5) is 4.79 Å². The minimum Gasteiger partial charge on any atom is -0.441 e. The molecule has 6 nitrogen and oxygen atoms in total. The Hall–Kier alpha value is -3.15. The van der Waals surface area contributed by atoms with Crippen LogP contribution in [-0.2, 0) is 27.2 Å². The van der Waals surface area contributed by atoms with Crippen molar-refractivity contribution in [2.24, 2.45) is 5.16 Å². The highest BCUT2D eigenvalue weighted by Crippen LogP contribution is 2.33. The molecule has 0 saturated carbocycles. The van der Waals surface area contributed by atoms with Crippen molar-refractivity contribution in [2.45, 2.75) is 89.9 Å². The number of amides is 2. The molecule has 0 radical (unpaired) electrons. The zero-order valence-corrected chi connectivity index (χ0v) is 21.0. The summed E-state index contributed by atoms with van der Waals surface area (Å²) in [6.45, 7) is 5.91. The lowest BCUT2D eigenvalue weighted by Crippen LogP contribution is -2.49. The Morgan fingerprint density at radius 2 is 1.71 bits per heavy atom. The number of carbonyl (C=O) groups is 2. The summed E-state index contributed by atoms with van der Waals surface area (Å²) >= 11 is 0. The van der Waals surface area contributed by atoms with Crippen LogP contribution in [0.3, 0.4) is 0 Å². The van der Waals surface area contributed by atoms with Crippen LogP contribution in [0.1, 0.15) is 76.0 Å². The zero-order chi connectivity index (χ0) is 24.8. The minimum absolute atomic E-state index is 0.331. The summed E-state index contributed by atoms with van der Waals surface area (Å²) in [5, 5.41) is 4.19. The van der Waals surface area contributed by atoms with Crippen molar-refractivity contribution < 1.29 is 19.2 Å². The van der Waals surface area contributed by atoms with E-state index in [2.05, 4.69) is 24.2 Å². The maximum atomic E-state index is 13.4. The van der Waals surface area contributed by atoms with Crippen molar-refractivity contribution in [3.63, 3.8) is 0 Å². The summed E-state index contributed by atoms with van der Waals surface area (Å²) in [5.41, 5.74) is 3.22. The lowest BCUT2D eigenvalue weighted by Gasteiger charge is -2.28. The van der Waals surface area contributed by atoms with Gasteiger partial charge in [-0.3, -0.25) is 4.79 Å². The second-order valence-corrected chi connectivity index (χ2v) is 10.1. The number of aryl methyl sites for hydroxylation is 1. The van der Waals surface area contributed by atoms with E-state index in [4.69, 9.17) is 9.57 Å². The lowest BCUT2D eigenvalue weighted by atomic mass is 9.91. The predicted octanol–water partition coefficient (Wildman–Crippen LogP) is 6.06. The van der Waals surface area contributed by atoms with E-state index in [0.29, 0.717) is 12.8 Å².